The molecule has 0 aliphatic rings. The van der Waals surface area contributed by atoms with Gasteiger partial charge in [-0.2, -0.15) is 9.40 Å². The summed E-state index contributed by atoms with van der Waals surface area (Å²) < 4.78 is 28.0. The fourth-order valence-electron chi connectivity index (χ4n) is 1.83. The minimum atomic E-state index is -3.56. The first-order chi connectivity index (χ1) is 8.38. The van der Waals surface area contributed by atoms with Crippen LogP contribution in [0.5, 0.6) is 0 Å². The van der Waals surface area contributed by atoms with Gasteiger partial charge in [0, 0.05) is 25.3 Å². The van der Waals surface area contributed by atoms with E-state index >= 15 is 0 Å². The van der Waals surface area contributed by atoms with Gasteiger partial charge in [-0.1, -0.05) is 13.8 Å². The fraction of sp³-hybridized carbons (Fsp3) is 0.727. The highest BCUT2D eigenvalue weighted by molar-refractivity contribution is 7.89. The molecule has 0 spiro atoms. The van der Waals surface area contributed by atoms with E-state index in [9.17, 15) is 8.42 Å². The first kappa shape index (κ1) is 15.0. The Hall–Kier alpha value is -1.08. The molecule has 0 amide bonds. The Kier molecular flexibility index (Phi) is 4.75. The lowest BCUT2D eigenvalue weighted by Gasteiger charge is -2.25. The van der Waals surface area contributed by atoms with Crippen LogP contribution >= 0.6 is 0 Å². The van der Waals surface area contributed by atoms with Gasteiger partial charge in [-0.05, 0) is 20.3 Å². The Bertz CT molecular complexity index is 495. The first-order valence-electron chi connectivity index (χ1n) is 6.23. The third kappa shape index (κ3) is 2.67. The number of nitrogen functional groups attached to an aromatic ring is 1. The molecule has 0 aromatic carbocycles. The monoisotopic (exact) mass is 274 g/mol. The molecule has 0 fully saturated rings. The van der Waals surface area contributed by atoms with E-state index in [1.54, 1.807) is 0 Å². The van der Waals surface area contributed by atoms with Gasteiger partial charge in [0.1, 0.15) is 4.90 Å². The summed E-state index contributed by atoms with van der Waals surface area (Å²) in [7, 11) is -3.56. The van der Waals surface area contributed by atoms with E-state index in [1.165, 1.54) is 15.2 Å². The minimum absolute atomic E-state index is 0.0515. The highest BCUT2D eigenvalue weighted by Gasteiger charge is 2.30. The van der Waals surface area contributed by atoms with Gasteiger partial charge in [0.15, 0.2) is 5.82 Å². The van der Waals surface area contributed by atoms with Crippen LogP contribution in [0, 0.1) is 0 Å². The zero-order valence-electron chi connectivity index (χ0n) is 11.4. The van der Waals surface area contributed by atoms with E-state index in [4.69, 9.17) is 5.73 Å². The maximum Gasteiger partial charge on any atom is 0.248 e. The molecule has 1 aromatic heterocycles. The van der Waals surface area contributed by atoms with Gasteiger partial charge >= 0.3 is 0 Å². The van der Waals surface area contributed by atoms with E-state index in [2.05, 4.69) is 5.10 Å². The van der Waals surface area contributed by atoms with Crippen LogP contribution in [0.1, 0.15) is 34.1 Å². The van der Waals surface area contributed by atoms with Gasteiger partial charge < -0.3 is 5.73 Å². The number of nitrogens with zero attached hydrogens (tertiary/aromatic N) is 3. The molecule has 7 heteroatoms. The second-order valence-corrected chi connectivity index (χ2v) is 6.06. The first-order valence-corrected chi connectivity index (χ1v) is 7.67. The van der Waals surface area contributed by atoms with Gasteiger partial charge in [0.2, 0.25) is 10.0 Å². The molecule has 2 N–H and O–H groups in total. The predicted octanol–water partition coefficient (Wildman–Crippen LogP) is 1.29. The Morgan fingerprint density at radius 3 is 2.44 bits per heavy atom. The summed E-state index contributed by atoms with van der Waals surface area (Å²) in [5.74, 6) is 0.0682. The molecule has 1 rings (SSSR count). The summed E-state index contributed by atoms with van der Waals surface area (Å²) >= 11 is 0. The van der Waals surface area contributed by atoms with Crippen LogP contribution in [0.25, 0.3) is 0 Å². The lowest BCUT2D eigenvalue weighted by atomic mass is 10.3. The summed E-state index contributed by atoms with van der Waals surface area (Å²) in [5.41, 5.74) is 5.70. The molecular formula is C11H22N4O2S. The van der Waals surface area contributed by atoms with Crippen LogP contribution in [-0.4, -0.2) is 35.1 Å². The molecule has 0 bridgehead atoms. The van der Waals surface area contributed by atoms with Crippen molar-refractivity contribution in [3.63, 3.8) is 0 Å². The third-order valence-corrected chi connectivity index (χ3v) is 5.17. The van der Waals surface area contributed by atoms with Crippen LogP contribution < -0.4 is 5.73 Å². The Morgan fingerprint density at radius 1 is 1.44 bits per heavy atom. The second-order valence-electron chi connectivity index (χ2n) is 4.20. The third-order valence-electron chi connectivity index (χ3n) is 3.06. The molecule has 1 atom stereocenters. The van der Waals surface area contributed by atoms with Crippen molar-refractivity contribution in [3.05, 3.63) is 6.20 Å². The van der Waals surface area contributed by atoms with Crippen LogP contribution in [0.4, 0.5) is 5.82 Å². The topological polar surface area (TPSA) is 81.2 Å². The molecule has 0 aliphatic carbocycles. The van der Waals surface area contributed by atoms with Crippen molar-refractivity contribution in [2.45, 2.75) is 51.6 Å². The normalized spacial score (nSPS) is 14.1. The second kappa shape index (κ2) is 5.71. The van der Waals surface area contributed by atoms with Gasteiger partial charge in [0.25, 0.3) is 0 Å². The lowest BCUT2D eigenvalue weighted by Crippen LogP contribution is -2.38. The van der Waals surface area contributed by atoms with Crippen LogP contribution in [0.3, 0.4) is 0 Å². The number of aromatic nitrogens is 2. The van der Waals surface area contributed by atoms with Crippen molar-refractivity contribution in [2.75, 3.05) is 12.3 Å². The average Bonchev–Trinajstić information content (AvgIpc) is 2.71. The number of hydrogen-bond donors (Lipinski definition) is 1. The molecule has 0 aliphatic heterocycles. The Morgan fingerprint density at radius 2 is 2.06 bits per heavy atom. The molecular weight excluding hydrogens is 252 g/mol. The maximum absolute atomic E-state index is 12.5. The van der Waals surface area contributed by atoms with Crippen molar-refractivity contribution in [1.29, 1.82) is 0 Å². The molecule has 1 aromatic rings. The highest BCUT2D eigenvalue weighted by Crippen LogP contribution is 2.23. The van der Waals surface area contributed by atoms with Crippen molar-refractivity contribution < 1.29 is 8.42 Å². The summed E-state index contributed by atoms with van der Waals surface area (Å²) in [5, 5.41) is 3.99. The SMILES string of the molecule is CCC(C)N(CC)S(=O)(=O)c1cn(CC)nc1N. The largest absolute Gasteiger partial charge is 0.381 e. The molecule has 0 saturated heterocycles. The van der Waals surface area contributed by atoms with Crippen LogP contribution in [0.2, 0.25) is 0 Å². The van der Waals surface area contributed by atoms with Crippen molar-refractivity contribution >= 4 is 15.8 Å². The van der Waals surface area contributed by atoms with Gasteiger partial charge in [0.05, 0.1) is 0 Å². The van der Waals surface area contributed by atoms with E-state index in [1.807, 2.05) is 27.7 Å². The predicted molar refractivity (Wildman–Crippen MR) is 71.6 cm³/mol. The summed E-state index contributed by atoms with van der Waals surface area (Å²) in [6, 6.07) is -0.0515. The minimum Gasteiger partial charge on any atom is -0.381 e. The number of sulfonamides is 1. The smallest absolute Gasteiger partial charge is 0.248 e. The quantitative estimate of drug-likeness (QED) is 0.847. The van der Waals surface area contributed by atoms with Crippen LogP contribution in [-0.2, 0) is 16.6 Å². The van der Waals surface area contributed by atoms with E-state index < -0.39 is 10.0 Å². The van der Waals surface area contributed by atoms with Gasteiger partial charge in [-0.25, -0.2) is 8.42 Å². The summed E-state index contributed by atoms with van der Waals surface area (Å²) in [6.07, 6.45) is 2.25. The van der Waals surface area contributed by atoms with E-state index in [0.717, 1.165) is 6.42 Å². The van der Waals surface area contributed by atoms with Crippen molar-refractivity contribution in [3.8, 4) is 0 Å². The molecule has 1 unspecified atom stereocenters. The molecule has 0 saturated carbocycles. The van der Waals surface area contributed by atoms with Crippen molar-refractivity contribution in [1.82, 2.24) is 14.1 Å². The van der Waals surface area contributed by atoms with E-state index in [-0.39, 0.29) is 16.8 Å². The fourth-order valence-corrected chi connectivity index (χ4v) is 3.60. The summed E-state index contributed by atoms with van der Waals surface area (Å²) in [4.78, 5) is 0.103. The standard InChI is InChI=1S/C11H22N4O2S/c1-5-9(4)15(7-3)18(16,17)10-8-14(6-2)13-11(10)12/h8-9H,5-7H2,1-4H3,(H2,12,13). The Labute approximate surface area is 109 Å². The van der Waals surface area contributed by atoms with E-state index in [0.29, 0.717) is 13.1 Å². The zero-order valence-corrected chi connectivity index (χ0v) is 12.2. The average molecular weight is 274 g/mol. The Balaban J connectivity index is 3.22. The molecule has 18 heavy (non-hydrogen) atoms. The highest BCUT2D eigenvalue weighted by atomic mass is 32.2. The molecule has 104 valence electrons. The zero-order chi connectivity index (χ0) is 13.9. The van der Waals surface area contributed by atoms with Crippen LogP contribution in [0.15, 0.2) is 11.1 Å². The van der Waals surface area contributed by atoms with Crippen molar-refractivity contribution in [2.24, 2.45) is 0 Å². The van der Waals surface area contributed by atoms with Gasteiger partial charge in [-0.15, -0.1) is 0 Å². The number of nitrogens with two attached hydrogens (primary N) is 1. The molecule has 0 radical (unpaired) electrons. The van der Waals surface area contributed by atoms with Gasteiger partial charge in [-0.3, -0.25) is 4.68 Å². The maximum atomic E-state index is 12.5. The molecule has 1 heterocycles. The number of aryl methyl sites for hydroxylation is 1. The number of anilines is 1. The number of hydrogen-bond acceptors (Lipinski definition) is 4. The number of rotatable bonds is 6. The summed E-state index contributed by atoms with van der Waals surface area (Å²) in [6.45, 7) is 8.58. The lowest BCUT2D eigenvalue weighted by molar-refractivity contribution is 0.342. The molecule has 6 nitrogen and oxygen atoms in total.